The minimum atomic E-state index is 0.745. The van der Waals surface area contributed by atoms with Crippen molar-refractivity contribution in [3.05, 3.63) is 0 Å². The Morgan fingerprint density at radius 2 is 2.00 bits per heavy atom. The molecule has 1 N–H and O–H groups in total. The minimum Gasteiger partial charge on any atom is -0.316 e. The lowest BCUT2D eigenvalue weighted by molar-refractivity contribution is 0.109. The molecule has 1 fully saturated rings. The van der Waals surface area contributed by atoms with Gasteiger partial charge in [0.05, 0.1) is 0 Å². The van der Waals surface area contributed by atoms with Gasteiger partial charge in [-0.25, -0.2) is 0 Å². The van der Waals surface area contributed by atoms with Crippen LogP contribution in [0.2, 0.25) is 0 Å². The third kappa shape index (κ3) is 4.84. The molecule has 1 heterocycles. The van der Waals surface area contributed by atoms with E-state index in [9.17, 15) is 0 Å². The maximum atomic E-state index is 3.54. The van der Waals surface area contributed by atoms with E-state index < -0.39 is 0 Å². The lowest BCUT2D eigenvalue weighted by atomic mass is 10.0. The predicted octanol–water partition coefficient (Wildman–Crippen LogP) is 2.89. The van der Waals surface area contributed by atoms with Gasteiger partial charge in [0, 0.05) is 12.1 Å². The molecule has 1 saturated heterocycles. The van der Waals surface area contributed by atoms with E-state index in [1.165, 1.54) is 38.8 Å². The van der Waals surface area contributed by atoms with Crippen LogP contribution in [0.1, 0.15) is 53.4 Å². The quantitative estimate of drug-likeness (QED) is 0.701. The second-order valence-corrected chi connectivity index (χ2v) is 5.82. The Hall–Kier alpha value is -0.0800. The molecule has 0 aromatic rings. The number of hydrogen-bond donors (Lipinski definition) is 1. The fourth-order valence-electron chi connectivity index (χ4n) is 2.64. The Kier molecular flexibility index (Phi) is 6.37. The molecule has 0 amide bonds. The Balaban J connectivity index is 2.15. The van der Waals surface area contributed by atoms with E-state index >= 15 is 0 Å². The van der Waals surface area contributed by atoms with Crippen LogP contribution in [0.25, 0.3) is 0 Å². The van der Waals surface area contributed by atoms with Crippen molar-refractivity contribution in [3.63, 3.8) is 0 Å². The van der Waals surface area contributed by atoms with Crippen LogP contribution in [0.3, 0.4) is 0 Å². The molecule has 96 valence electrons. The molecule has 2 nitrogen and oxygen atoms in total. The molecule has 1 rings (SSSR count). The molecule has 0 aliphatic carbocycles. The molecule has 0 aromatic carbocycles. The van der Waals surface area contributed by atoms with Gasteiger partial charge in [-0.2, -0.15) is 0 Å². The van der Waals surface area contributed by atoms with Gasteiger partial charge >= 0.3 is 0 Å². The summed E-state index contributed by atoms with van der Waals surface area (Å²) >= 11 is 0. The lowest BCUT2D eigenvalue weighted by Crippen LogP contribution is -2.44. The first kappa shape index (κ1) is 14.0. The van der Waals surface area contributed by atoms with Crippen LogP contribution < -0.4 is 5.32 Å². The van der Waals surface area contributed by atoms with E-state index in [0.717, 1.165) is 24.5 Å². The number of nitrogens with one attached hydrogen (secondary N) is 1. The zero-order chi connectivity index (χ0) is 12.0. The number of nitrogens with zero attached hydrogens (tertiary/aromatic N) is 1. The molecule has 2 atom stereocenters. The predicted molar refractivity (Wildman–Crippen MR) is 71.8 cm³/mol. The van der Waals surface area contributed by atoms with E-state index in [0.29, 0.717) is 0 Å². The van der Waals surface area contributed by atoms with Crippen molar-refractivity contribution in [3.8, 4) is 0 Å². The first-order valence-electron chi connectivity index (χ1n) is 7.07. The van der Waals surface area contributed by atoms with Crippen molar-refractivity contribution in [2.24, 2.45) is 5.92 Å². The molecule has 0 spiro atoms. The van der Waals surface area contributed by atoms with Crippen molar-refractivity contribution >= 4 is 0 Å². The van der Waals surface area contributed by atoms with Crippen LogP contribution in [0.15, 0.2) is 0 Å². The normalized spacial score (nSPS) is 24.9. The smallest absolute Gasteiger partial charge is 0.00818 e. The Bertz CT molecular complexity index is 180. The van der Waals surface area contributed by atoms with Gasteiger partial charge in [0.1, 0.15) is 0 Å². The van der Waals surface area contributed by atoms with E-state index in [1.807, 2.05) is 0 Å². The molecule has 1 aliphatic heterocycles. The SMILES string of the molecule is CC(C)CNCCC(C)N1CCCCC1C. The zero-order valence-corrected chi connectivity index (χ0v) is 11.6. The summed E-state index contributed by atoms with van der Waals surface area (Å²) in [6, 6.07) is 1.55. The van der Waals surface area contributed by atoms with Gasteiger partial charge in [-0.15, -0.1) is 0 Å². The van der Waals surface area contributed by atoms with E-state index in [2.05, 4.69) is 37.9 Å². The monoisotopic (exact) mass is 226 g/mol. The summed E-state index contributed by atoms with van der Waals surface area (Å²) in [6.45, 7) is 12.9. The van der Waals surface area contributed by atoms with Gasteiger partial charge in [-0.05, 0) is 58.7 Å². The summed E-state index contributed by atoms with van der Waals surface area (Å²) in [7, 11) is 0. The van der Waals surface area contributed by atoms with Gasteiger partial charge in [0.2, 0.25) is 0 Å². The lowest BCUT2D eigenvalue weighted by Gasteiger charge is -2.38. The first-order chi connectivity index (χ1) is 7.61. The Morgan fingerprint density at radius 1 is 1.25 bits per heavy atom. The second-order valence-electron chi connectivity index (χ2n) is 5.82. The summed E-state index contributed by atoms with van der Waals surface area (Å²) < 4.78 is 0. The van der Waals surface area contributed by atoms with E-state index in [-0.39, 0.29) is 0 Å². The molecule has 0 aromatic heterocycles. The molecule has 1 aliphatic rings. The number of rotatable bonds is 6. The summed E-state index contributed by atoms with van der Waals surface area (Å²) in [5, 5.41) is 3.54. The van der Waals surface area contributed by atoms with Crippen molar-refractivity contribution in [1.29, 1.82) is 0 Å². The molecular formula is C14H30N2. The van der Waals surface area contributed by atoms with Crippen LogP contribution in [-0.2, 0) is 0 Å². The largest absolute Gasteiger partial charge is 0.316 e. The van der Waals surface area contributed by atoms with E-state index in [1.54, 1.807) is 0 Å². The van der Waals surface area contributed by atoms with Gasteiger partial charge in [-0.1, -0.05) is 20.3 Å². The van der Waals surface area contributed by atoms with Gasteiger partial charge < -0.3 is 5.32 Å². The van der Waals surface area contributed by atoms with Crippen LogP contribution in [0.5, 0.6) is 0 Å². The molecule has 2 heteroatoms. The summed E-state index contributed by atoms with van der Waals surface area (Å²) in [6.07, 6.45) is 5.50. The van der Waals surface area contributed by atoms with Crippen LogP contribution in [-0.4, -0.2) is 36.6 Å². The standard InChI is InChI=1S/C14H30N2/c1-12(2)11-15-9-8-14(4)16-10-6-5-7-13(16)3/h12-15H,5-11H2,1-4H3. The fraction of sp³-hybridized carbons (Fsp3) is 1.00. The third-order valence-corrected chi connectivity index (χ3v) is 3.71. The minimum absolute atomic E-state index is 0.745. The van der Waals surface area contributed by atoms with Gasteiger partial charge in [-0.3, -0.25) is 4.90 Å². The van der Waals surface area contributed by atoms with Crippen LogP contribution >= 0.6 is 0 Å². The van der Waals surface area contributed by atoms with Crippen molar-refractivity contribution in [1.82, 2.24) is 10.2 Å². The maximum Gasteiger partial charge on any atom is 0.00818 e. The zero-order valence-electron chi connectivity index (χ0n) is 11.6. The van der Waals surface area contributed by atoms with Crippen LogP contribution in [0.4, 0.5) is 0 Å². The number of piperidine rings is 1. The molecule has 0 saturated carbocycles. The van der Waals surface area contributed by atoms with Crippen molar-refractivity contribution < 1.29 is 0 Å². The van der Waals surface area contributed by atoms with Crippen LogP contribution in [0, 0.1) is 5.92 Å². The topological polar surface area (TPSA) is 15.3 Å². The molecule has 0 radical (unpaired) electrons. The maximum absolute atomic E-state index is 3.54. The first-order valence-corrected chi connectivity index (χ1v) is 7.07. The molecule has 2 unspecified atom stereocenters. The fourth-order valence-corrected chi connectivity index (χ4v) is 2.64. The van der Waals surface area contributed by atoms with Crippen molar-refractivity contribution in [2.75, 3.05) is 19.6 Å². The van der Waals surface area contributed by atoms with Gasteiger partial charge in [0.25, 0.3) is 0 Å². The third-order valence-electron chi connectivity index (χ3n) is 3.71. The van der Waals surface area contributed by atoms with Gasteiger partial charge in [0.15, 0.2) is 0 Å². The highest BCUT2D eigenvalue weighted by Crippen LogP contribution is 2.20. The number of likely N-dealkylation sites (tertiary alicyclic amines) is 1. The summed E-state index contributed by atoms with van der Waals surface area (Å²) in [5.74, 6) is 0.768. The molecule has 0 bridgehead atoms. The number of hydrogen-bond acceptors (Lipinski definition) is 2. The molecular weight excluding hydrogens is 196 g/mol. The van der Waals surface area contributed by atoms with E-state index in [4.69, 9.17) is 0 Å². The highest BCUT2D eigenvalue weighted by molar-refractivity contribution is 4.78. The summed E-state index contributed by atoms with van der Waals surface area (Å²) in [5.41, 5.74) is 0. The Morgan fingerprint density at radius 3 is 2.62 bits per heavy atom. The average Bonchev–Trinajstić information content (AvgIpc) is 2.24. The average molecular weight is 226 g/mol. The highest BCUT2D eigenvalue weighted by atomic mass is 15.2. The second kappa shape index (κ2) is 7.29. The highest BCUT2D eigenvalue weighted by Gasteiger charge is 2.22. The molecule has 16 heavy (non-hydrogen) atoms. The summed E-state index contributed by atoms with van der Waals surface area (Å²) in [4.78, 5) is 2.69. The van der Waals surface area contributed by atoms with Crippen molar-refractivity contribution in [2.45, 2.75) is 65.5 Å². The Labute approximate surface area is 102 Å².